The molecule has 2 atom stereocenters. The number of carbonyl (C=O) groups excluding carboxylic acids is 1. The zero-order valence-electron chi connectivity index (χ0n) is 15.4. The van der Waals surface area contributed by atoms with Crippen LogP contribution in [-0.2, 0) is 9.47 Å². The first-order valence-electron chi connectivity index (χ1n) is 9.22. The first kappa shape index (κ1) is 18.2. The number of ether oxygens (including phenoxy) is 2. The van der Waals surface area contributed by atoms with Gasteiger partial charge < -0.3 is 14.6 Å². The van der Waals surface area contributed by atoms with Crippen molar-refractivity contribution in [2.24, 2.45) is 0 Å². The van der Waals surface area contributed by atoms with Gasteiger partial charge in [-0.1, -0.05) is 36.8 Å². The van der Waals surface area contributed by atoms with E-state index in [1.165, 1.54) is 0 Å². The molecule has 1 amide bonds. The van der Waals surface area contributed by atoms with Gasteiger partial charge in [-0.25, -0.2) is 4.79 Å². The molecular weight excluding hydrogens is 318 g/mol. The molecule has 1 saturated carbocycles. The summed E-state index contributed by atoms with van der Waals surface area (Å²) in [6.07, 6.45) is 3.59. The highest BCUT2D eigenvalue weighted by Crippen LogP contribution is 2.44. The maximum Gasteiger partial charge on any atom is 0.413 e. The van der Waals surface area contributed by atoms with Gasteiger partial charge in [-0.15, -0.1) is 0 Å². The van der Waals surface area contributed by atoms with Crippen molar-refractivity contribution in [3.05, 3.63) is 35.9 Å². The Morgan fingerprint density at radius 3 is 2.48 bits per heavy atom. The molecule has 3 rings (SSSR count). The van der Waals surface area contributed by atoms with Crippen LogP contribution in [0.4, 0.5) is 4.79 Å². The fraction of sp³-hybridized carbons (Fsp3) is 0.650. The third-order valence-corrected chi connectivity index (χ3v) is 5.02. The standard InChI is InChI=1S/C20H29NO4/c1-19(2,3)25-18(23)21-16(17(22)15-10-6-4-7-11-15)14-24-20(21)12-8-5-9-13-20/h4,6-7,10-11,16-17,22H,5,8-9,12-14H2,1-3H3/t16-,17+/m0/s1. The highest BCUT2D eigenvalue weighted by Gasteiger charge is 2.53. The predicted molar refractivity (Wildman–Crippen MR) is 95.0 cm³/mol. The molecule has 25 heavy (non-hydrogen) atoms. The van der Waals surface area contributed by atoms with Gasteiger partial charge in [0.1, 0.15) is 17.4 Å². The summed E-state index contributed by atoms with van der Waals surface area (Å²) < 4.78 is 11.8. The van der Waals surface area contributed by atoms with E-state index >= 15 is 0 Å². The summed E-state index contributed by atoms with van der Waals surface area (Å²) in [5, 5.41) is 10.9. The van der Waals surface area contributed by atoms with Crippen molar-refractivity contribution in [1.82, 2.24) is 4.90 Å². The molecule has 1 heterocycles. The largest absolute Gasteiger partial charge is 0.444 e. The zero-order valence-corrected chi connectivity index (χ0v) is 15.4. The summed E-state index contributed by atoms with van der Waals surface area (Å²) in [5.74, 6) is 0. The fourth-order valence-corrected chi connectivity index (χ4v) is 3.89. The number of hydrogen-bond acceptors (Lipinski definition) is 4. The topological polar surface area (TPSA) is 59.0 Å². The number of nitrogens with zero attached hydrogens (tertiary/aromatic N) is 1. The van der Waals surface area contributed by atoms with Gasteiger partial charge in [0.25, 0.3) is 0 Å². The summed E-state index contributed by atoms with van der Waals surface area (Å²) >= 11 is 0. The van der Waals surface area contributed by atoms with Crippen molar-refractivity contribution >= 4 is 6.09 Å². The highest BCUT2D eigenvalue weighted by atomic mass is 16.6. The normalized spacial score (nSPS) is 24.3. The van der Waals surface area contributed by atoms with Crippen LogP contribution in [0.3, 0.4) is 0 Å². The second-order valence-electron chi connectivity index (χ2n) is 8.09. The second-order valence-corrected chi connectivity index (χ2v) is 8.09. The molecule has 1 saturated heterocycles. The lowest BCUT2D eigenvalue weighted by atomic mass is 9.89. The Balaban J connectivity index is 1.90. The van der Waals surface area contributed by atoms with E-state index < -0.39 is 29.6 Å². The van der Waals surface area contributed by atoms with Gasteiger partial charge in [-0.2, -0.15) is 0 Å². The summed E-state index contributed by atoms with van der Waals surface area (Å²) in [7, 11) is 0. The van der Waals surface area contributed by atoms with Gasteiger partial charge in [0.05, 0.1) is 12.6 Å². The third kappa shape index (κ3) is 3.82. The number of hydrogen-bond donors (Lipinski definition) is 1. The number of rotatable bonds is 2. The Morgan fingerprint density at radius 1 is 1.24 bits per heavy atom. The minimum absolute atomic E-state index is 0.329. The van der Waals surface area contributed by atoms with Crippen LogP contribution in [-0.4, -0.2) is 40.1 Å². The Labute approximate surface area is 149 Å². The van der Waals surface area contributed by atoms with Gasteiger partial charge >= 0.3 is 6.09 Å². The van der Waals surface area contributed by atoms with E-state index in [1.54, 1.807) is 4.90 Å². The van der Waals surface area contributed by atoms with E-state index in [9.17, 15) is 9.90 Å². The van der Waals surface area contributed by atoms with Crippen molar-refractivity contribution in [3.63, 3.8) is 0 Å². The molecule has 1 aliphatic heterocycles. The fourth-order valence-electron chi connectivity index (χ4n) is 3.89. The van der Waals surface area contributed by atoms with Crippen LogP contribution in [0.1, 0.15) is 64.5 Å². The van der Waals surface area contributed by atoms with E-state index in [2.05, 4.69) is 0 Å². The van der Waals surface area contributed by atoms with Crippen LogP contribution in [0.25, 0.3) is 0 Å². The number of carbonyl (C=O) groups is 1. The molecule has 0 bridgehead atoms. The summed E-state index contributed by atoms with van der Waals surface area (Å²) in [6.45, 7) is 5.91. The molecular formula is C20H29NO4. The van der Waals surface area contributed by atoms with Crippen LogP contribution in [0.2, 0.25) is 0 Å². The molecule has 2 fully saturated rings. The maximum atomic E-state index is 13.0. The van der Waals surface area contributed by atoms with Crippen LogP contribution < -0.4 is 0 Å². The van der Waals surface area contributed by atoms with Gasteiger partial charge in [0, 0.05) is 0 Å². The summed E-state index contributed by atoms with van der Waals surface area (Å²) in [6, 6.07) is 9.02. The Bertz CT molecular complexity index is 589. The van der Waals surface area contributed by atoms with Crippen LogP contribution in [0.5, 0.6) is 0 Å². The Hall–Kier alpha value is -1.59. The summed E-state index contributed by atoms with van der Waals surface area (Å²) in [5.41, 5.74) is -0.434. The monoisotopic (exact) mass is 347 g/mol. The van der Waals surface area contributed by atoms with Crippen LogP contribution >= 0.6 is 0 Å². The van der Waals surface area contributed by atoms with Crippen molar-refractivity contribution in [2.45, 2.75) is 76.3 Å². The maximum absolute atomic E-state index is 13.0. The van der Waals surface area contributed by atoms with E-state index in [1.807, 2.05) is 51.1 Å². The minimum Gasteiger partial charge on any atom is -0.444 e. The molecule has 138 valence electrons. The molecule has 0 aromatic heterocycles. The van der Waals surface area contributed by atoms with E-state index in [4.69, 9.17) is 9.47 Å². The lowest BCUT2D eigenvalue weighted by molar-refractivity contribution is -0.112. The average molecular weight is 347 g/mol. The van der Waals surface area contributed by atoms with Crippen molar-refractivity contribution in [3.8, 4) is 0 Å². The summed E-state index contributed by atoms with van der Waals surface area (Å²) in [4.78, 5) is 14.7. The lowest BCUT2D eigenvalue weighted by Gasteiger charge is -2.42. The van der Waals surface area contributed by atoms with E-state index in [0.29, 0.717) is 6.61 Å². The zero-order chi connectivity index (χ0) is 18.1. The number of aliphatic hydroxyl groups is 1. The number of benzene rings is 1. The quantitative estimate of drug-likeness (QED) is 0.878. The van der Waals surface area contributed by atoms with Crippen molar-refractivity contribution < 1.29 is 19.4 Å². The second kappa shape index (κ2) is 6.96. The minimum atomic E-state index is -0.796. The first-order valence-corrected chi connectivity index (χ1v) is 9.22. The molecule has 0 unspecified atom stereocenters. The molecule has 5 heteroatoms. The van der Waals surface area contributed by atoms with Crippen LogP contribution in [0, 0.1) is 0 Å². The lowest BCUT2D eigenvalue weighted by Crippen LogP contribution is -2.55. The Morgan fingerprint density at radius 2 is 1.88 bits per heavy atom. The molecule has 1 aromatic carbocycles. The number of aliphatic hydroxyl groups excluding tert-OH is 1. The molecule has 1 N–H and O–H groups in total. The molecule has 1 spiro atoms. The third-order valence-electron chi connectivity index (χ3n) is 5.02. The molecule has 1 aliphatic carbocycles. The smallest absolute Gasteiger partial charge is 0.413 e. The van der Waals surface area contributed by atoms with Gasteiger partial charge in [-0.3, -0.25) is 4.90 Å². The first-order chi connectivity index (χ1) is 11.8. The van der Waals surface area contributed by atoms with Gasteiger partial charge in [-0.05, 0) is 52.0 Å². The van der Waals surface area contributed by atoms with Gasteiger partial charge in [0.2, 0.25) is 0 Å². The number of amides is 1. The predicted octanol–water partition coefficient (Wildman–Crippen LogP) is 4.02. The SMILES string of the molecule is CC(C)(C)OC(=O)N1[C@H]([C@H](O)c2ccccc2)COC12CCCCC2. The Kier molecular flexibility index (Phi) is 5.07. The van der Waals surface area contributed by atoms with Gasteiger partial charge in [0.15, 0.2) is 0 Å². The molecule has 5 nitrogen and oxygen atoms in total. The van der Waals surface area contributed by atoms with E-state index in [0.717, 1.165) is 37.7 Å². The highest BCUT2D eigenvalue weighted by molar-refractivity contribution is 5.70. The molecule has 0 radical (unpaired) electrons. The van der Waals surface area contributed by atoms with Crippen molar-refractivity contribution in [1.29, 1.82) is 0 Å². The molecule has 2 aliphatic rings. The van der Waals surface area contributed by atoms with Crippen molar-refractivity contribution in [2.75, 3.05) is 6.61 Å². The van der Waals surface area contributed by atoms with Crippen LogP contribution in [0.15, 0.2) is 30.3 Å². The molecule has 1 aromatic rings. The van der Waals surface area contributed by atoms with E-state index in [-0.39, 0.29) is 0 Å². The average Bonchev–Trinajstić information content (AvgIpc) is 2.93.